The van der Waals surface area contributed by atoms with Crippen molar-refractivity contribution in [1.82, 2.24) is 19.8 Å². The Hall–Kier alpha value is -4.30. The summed E-state index contributed by atoms with van der Waals surface area (Å²) >= 11 is 0. The molecule has 4 rings (SSSR count). The molecular weight excluding hydrogens is 548 g/mol. The van der Waals surface area contributed by atoms with Gasteiger partial charge in [0.1, 0.15) is 28.9 Å². The third-order valence-electron chi connectivity index (χ3n) is 6.61. The summed E-state index contributed by atoms with van der Waals surface area (Å²) in [4.78, 5) is 44.7. The number of carbonyl (C=O) groups excluding carboxylic acids is 1. The third kappa shape index (κ3) is 5.40. The predicted molar refractivity (Wildman–Crippen MR) is 131 cm³/mol. The van der Waals surface area contributed by atoms with Gasteiger partial charge >= 0.3 is 12.3 Å². The number of nitrogens with one attached hydrogen (secondary N) is 1. The van der Waals surface area contributed by atoms with Crippen molar-refractivity contribution in [3.05, 3.63) is 63.7 Å². The number of nitrogens with zero attached hydrogens (tertiary/aromatic N) is 4. The van der Waals surface area contributed by atoms with Gasteiger partial charge in [0.2, 0.25) is 5.43 Å². The van der Waals surface area contributed by atoms with E-state index in [0.29, 0.717) is 22.9 Å². The fourth-order valence-electron chi connectivity index (χ4n) is 4.57. The number of piperazine rings is 1. The van der Waals surface area contributed by atoms with E-state index >= 15 is 0 Å². The van der Waals surface area contributed by atoms with E-state index in [1.165, 1.54) is 24.0 Å². The van der Waals surface area contributed by atoms with Gasteiger partial charge < -0.3 is 20.2 Å². The van der Waals surface area contributed by atoms with Crippen molar-refractivity contribution >= 4 is 28.9 Å². The maximum absolute atomic E-state index is 14.9. The van der Waals surface area contributed by atoms with Crippen molar-refractivity contribution in [1.29, 1.82) is 0 Å². The van der Waals surface area contributed by atoms with Crippen LogP contribution in [0, 0.1) is 17.5 Å². The fourth-order valence-corrected chi connectivity index (χ4v) is 4.57. The van der Waals surface area contributed by atoms with Gasteiger partial charge in [0.25, 0.3) is 5.91 Å². The highest BCUT2D eigenvalue weighted by molar-refractivity contribution is 5.97. The summed E-state index contributed by atoms with van der Waals surface area (Å²) < 4.78 is 83.9. The molecule has 0 spiro atoms. The number of alkyl halides is 3. The van der Waals surface area contributed by atoms with Gasteiger partial charge in [-0.25, -0.2) is 22.9 Å². The molecule has 2 amide bonds. The van der Waals surface area contributed by atoms with Gasteiger partial charge in [-0.1, -0.05) is 6.92 Å². The van der Waals surface area contributed by atoms with Gasteiger partial charge in [-0.3, -0.25) is 14.2 Å². The molecule has 0 radical (unpaired) electrons. The molecule has 1 aromatic carbocycles. The first-order chi connectivity index (χ1) is 18.7. The van der Waals surface area contributed by atoms with Crippen molar-refractivity contribution in [2.24, 2.45) is 0 Å². The number of pyridine rings is 2. The van der Waals surface area contributed by atoms with Gasteiger partial charge in [-0.2, -0.15) is 13.2 Å². The number of rotatable bonds is 5. The molecule has 9 nitrogen and oxygen atoms in total. The minimum absolute atomic E-state index is 0.112. The van der Waals surface area contributed by atoms with Crippen LogP contribution in [0.15, 0.2) is 35.3 Å². The van der Waals surface area contributed by atoms with Crippen LogP contribution in [0.3, 0.4) is 0 Å². The number of halogens is 6. The molecule has 214 valence electrons. The second kappa shape index (κ2) is 10.7. The van der Waals surface area contributed by atoms with Gasteiger partial charge in [0, 0.05) is 44.0 Å². The van der Waals surface area contributed by atoms with E-state index in [1.54, 1.807) is 17.1 Å². The second-order valence-electron chi connectivity index (χ2n) is 9.25. The molecule has 2 atom stereocenters. The van der Waals surface area contributed by atoms with E-state index < -0.39 is 70.8 Å². The SMILES string of the molecule is CC[C@H](NC(=O)c1cn(-c2c(F)cc(F)cc2F)c2nc(N3CCN(C(=O)O)C(C)C3)ccc2c1=O)C(F)(F)F. The molecule has 2 aromatic heterocycles. The van der Waals surface area contributed by atoms with Gasteiger partial charge in [0.15, 0.2) is 17.3 Å². The number of benzene rings is 1. The lowest BCUT2D eigenvalue weighted by Gasteiger charge is -2.38. The summed E-state index contributed by atoms with van der Waals surface area (Å²) in [5.41, 5.74) is -3.18. The topological polar surface area (TPSA) is 108 Å². The van der Waals surface area contributed by atoms with E-state index in [2.05, 4.69) is 4.98 Å². The lowest BCUT2D eigenvalue weighted by molar-refractivity contribution is -0.153. The van der Waals surface area contributed by atoms with Crippen LogP contribution >= 0.6 is 0 Å². The molecule has 1 unspecified atom stereocenters. The molecule has 1 aliphatic rings. The molecule has 3 aromatic rings. The highest BCUT2D eigenvalue weighted by atomic mass is 19.4. The minimum atomic E-state index is -4.83. The Bertz CT molecular complexity index is 1520. The number of fused-ring (bicyclic) bond motifs is 1. The van der Waals surface area contributed by atoms with Crippen LogP contribution in [0.5, 0.6) is 0 Å². The maximum atomic E-state index is 14.9. The smallest absolute Gasteiger partial charge is 0.408 e. The number of anilines is 1. The van der Waals surface area contributed by atoms with Crippen LogP contribution in [0.1, 0.15) is 30.6 Å². The molecule has 40 heavy (non-hydrogen) atoms. The van der Waals surface area contributed by atoms with Crippen molar-refractivity contribution < 1.29 is 41.0 Å². The van der Waals surface area contributed by atoms with Gasteiger partial charge in [0.05, 0.1) is 5.39 Å². The molecule has 15 heteroatoms. The van der Waals surface area contributed by atoms with Gasteiger partial charge in [-0.05, 0) is 25.5 Å². The lowest BCUT2D eigenvalue weighted by atomic mass is 10.1. The van der Waals surface area contributed by atoms with Crippen LogP contribution in [0.4, 0.5) is 37.0 Å². The third-order valence-corrected chi connectivity index (χ3v) is 6.61. The molecule has 2 N–H and O–H groups in total. The molecule has 0 aliphatic carbocycles. The standard InChI is InChI=1S/C25H23F6N5O4/c1-3-18(25(29,30)31)32-23(38)15-11-36(20-16(27)8-13(26)9-17(20)28)22-14(21(15)37)4-5-19(33-22)34-6-7-35(24(39)40)12(2)10-34/h4-5,8-9,11-12,18H,3,6-7,10H2,1-2H3,(H,32,38)(H,39,40)/t12?,18-/m0/s1. The van der Waals surface area contributed by atoms with E-state index in [-0.39, 0.29) is 36.5 Å². The summed E-state index contributed by atoms with van der Waals surface area (Å²) in [6, 6.07) is 0.521. The average Bonchev–Trinajstić information content (AvgIpc) is 2.86. The molecule has 3 heterocycles. The number of amides is 2. The monoisotopic (exact) mass is 571 g/mol. The van der Waals surface area contributed by atoms with Crippen LogP contribution in [0.25, 0.3) is 16.7 Å². The Morgan fingerprint density at radius 3 is 2.35 bits per heavy atom. The van der Waals surface area contributed by atoms with E-state index in [4.69, 9.17) is 0 Å². The Kier molecular flexibility index (Phi) is 7.67. The first-order valence-electron chi connectivity index (χ1n) is 12.1. The highest BCUT2D eigenvalue weighted by Gasteiger charge is 2.40. The summed E-state index contributed by atoms with van der Waals surface area (Å²) in [5.74, 6) is -5.34. The number of aromatic nitrogens is 2. The van der Waals surface area contributed by atoms with Crippen LogP contribution in [0.2, 0.25) is 0 Å². The van der Waals surface area contributed by atoms with E-state index in [1.807, 2.05) is 0 Å². The van der Waals surface area contributed by atoms with Crippen molar-refractivity contribution in [3.8, 4) is 5.69 Å². The van der Waals surface area contributed by atoms with Crippen molar-refractivity contribution in [2.45, 2.75) is 38.5 Å². The Morgan fingerprint density at radius 2 is 1.80 bits per heavy atom. The summed E-state index contributed by atoms with van der Waals surface area (Å²) in [6.07, 6.45) is -5.83. The number of carboxylic acid groups (broad SMARTS) is 1. The summed E-state index contributed by atoms with van der Waals surface area (Å²) in [7, 11) is 0. The average molecular weight is 571 g/mol. The molecule has 0 saturated carbocycles. The van der Waals surface area contributed by atoms with Crippen molar-refractivity contribution in [2.75, 3.05) is 24.5 Å². The second-order valence-corrected chi connectivity index (χ2v) is 9.25. The van der Waals surface area contributed by atoms with Crippen LogP contribution < -0.4 is 15.6 Å². The van der Waals surface area contributed by atoms with E-state index in [9.17, 15) is 45.8 Å². The molecule has 1 fully saturated rings. The molecule has 0 bridgehead atoms. The fraction of sp³-hybridized carbons (Fsp3) is 0.360. The zero-order chi connectivity index (χ0) is 29.5. The van der Waals surface area contributed by atoms with Crippen LogP contribution in [-0.2, 0) is 0 Å². The van der Waals surface area contributed by atoms with Crippen LogP contribution in [-0.4, -0.2) is 69.5 Å². The molecule has 1 aliphatic heterocycles. The zero-order valence-electron chi connectivity index (χ0n) is 21.1. The number of carbonyl (C=O) groups is 2. The largest absolute Gasteiger partial charge is 0.465 e. The first kappa shape index (κ1) is 28.7. The number of hydrogen-bond acceptors (Lipinski definition) is 5. The Balaban J connectivity index is 1.89. The van der Waals surface area contributed by atoms with E-state index in [0.717, 1.165) is 0 Å². The quantitative estimate of drug-likeness (QED) is 0.448. The summed E-state index contributed by atoms with van der Waals surface area (Å²) in [5, 5.41) is 10.7. The zero-order valence-corrected chi connectivity index (χ0v) is 21.1. The number of hydrogen-bond donors (Lipinski definition) is 2. The van der Waals surface area contributed by atoms with Gasteiger partial charge in [-0.15, -0.1) is 0 Å². The minimum Gasteiger partial charge on any atom is -0.465 e. The Labute approximate surface area is 222 Å². The van der Waals surface area contributed by atoms with Crippen molar-refractivity contribution in [3.63, 3.8) is 0 Å². The normalized spacial score (nSPS) is 16.8. The molecular formula is C25H23F6N5O4. The predicted octanol–water partition coefficient (Wildman–Crippen LogP) is 4.06. The first-order valence-corrected chi connectivity index (χ1v) is 12.1. The summed E-state index contributed by atoms with van der Waals surface area (Å²) in [6.45, 7) is 3.32. The lowest BCUT2D eigenvalue weighted by Crippen LogP contribution is -2.54. The highest BCUT2D eigenvalue weighted by Crippen LogP contribution is 2.27. The maximum Gasteiger partial charge on any atom is 0.408 e. The molecule has 1 saturated heterocycles. The Morgan fingerprint density at radius 1 is 1.15 bits per heavy atom.